The summed E-state index contributed by atoms with van der Waals surface area (Å²) < 4.78 is 16.2. The number of carbonyl (C=O) groups excluding carboxylic acids is 1. The monoisotopic (exact) mass is 364 g/mol. The van der Waals surface area contributed by atoms with E-state index in [0.717, 1.165) is 5.56 Å². The molecule has 0 aliphatic carbocycles. The van der Waals surface area contributed by atoms with Crippen LogP contribution in [0, 0.1) is 0 Å². The van der Waals surface area contributed by atoms with E-state index in [1.165, 1.54) is 33.5 Å². The summed E-state index contributed by atoms with van der Waals surface area (Å²) in [5, 5.41) is 11.7. The molecule has 0 spiro atoms. The van der Waals surface area contributed by atoms with E-state index in [-0.39, 0.29) is 17.1 Å². The second-order valence-electron chi connectivity index (χ2n) is 5.80. The van der Waals surface area contributed by atoms with Crippen molar-refractivity contribution in [3.8, 4) is 23.0 Å². The zero-order valence-corrected chi connectivity index (χ0v) is 15.4. The molecule has 0 amide bonds. The number of hydrogen-bond donors (Lipinski definition) is 1. The minimum atomic E-state index is -0.346. The van der Waals surface area contributed by atoms with Gasteiger partial charge < -0.3 is 19.3 Å². The predicted molar refractivity (Wildman–Crippen MR) is 105 cm³/mol. The highest BCUT2D eigenvalue weighted by atomic mass is 16.5. The van der Waals surface area contributed by atoms with E-state index in [1.54, 1.807) is 18.2 Å². The van der Waals surface area contributed by atoms with Gasteiger partial charge in [-0.15, -0.1) is 0 Å². The van der Waals surface area contributed by atoms with Crippen LogP contribution in [0.25, 0.3) is 16.8 Å². The fraction of sp³-hybridized carbons (Fsp3) is 0.136. The Morgan fingerprint density at radius 1 is 0.852 bits per heavy atom. The fourth-order valence-corrected chi connectivity index (χ4v) is 2.97. The third-order valence-corrected chi connectivity index (χ3v) is 4.29. The van der Waals surface area contributed by atoms with E-state index in [2.05, 4.69) is 0 Å². The van der Waals surface area contributed by atoms with Gasteiger partial charge in [0.2, 0.25) is 0 Å². The number of methoxy groups -OCH3 is 3. The van der Waals surface area contributed by atoms with Gasteiger partial charge in [-0.2, -0.15) is 0 Å². The number of fused-ring (bicyclic) bond motifs is 1. The molecule has 0 fully saturated rings. The van der Waals surface area contributed by atoms with Gasteiger partial charge in [0.25, 0.3) is 0 Å². The molecule has 0 atom stereocenters. The van der Waals surface area contributed by atoms with Crippen LogP contribution >= 0.6 is 0 Å². The molecule has 27 heavy (non-hydrogen) atoms. The number of carbonyl (C=O) groups is 1. The molecule has 0 aromatic heterocycles. The molecule has 0 saturated heterocycles. The van der Waals surface area contributed by atoms with Gasteiger partial charge in [0.05, 0.1) is 37.7 Å². The van der Waals surface area contributed by atoms with Crippen LogP contribution in [-0.2, 0) is 0 Å². The number of phenols is 1. The summed E-state index contributed by atoms with van der Waals surface area (Å²) in [5.74, 6) is 0.820. The summed E-state index contributed by atoms with van der Waals surface area (Å²) in [6.45, 7) is 0. The number of hydrogen-bond acceptors (Lipinski definition) is 5. The molecule has 0 saturated carbocycles. The number of benzene rings is 3. The van der Waals surface area contributed by atoms with Crippen LogP contribution < -0.4 is 14.2 Å². The SMILES string of the molecule is COc1ccc(OC)c2c(O)c(C(=O)/C=C/c3ccccc3)cc(OC)c12. The fourth-order valence-electron chi connectivity index (χ4n) is 2.97. The lowest BCUT2D eigenvalue weighted by Crippen LogP contribution is -2.00. The van der Waals surface area contributed by atoms with Crippen LogP contribution in [0.5, 0.6) is 23.0 Å². The molecule has 138 valence electrons. The average Bonchev–Trinajstić information content (AvgIpc) is 2.72. The Morgan fingerprint density at radius 3 is 2.04 bits per heavy atom. The summed E-state index contributed by atoms with van der Waals surface area (Å²) >= 11 is 0. The standard InChI is InChI=1S/C22H20O5/c1-25-17-11-12-18(26-2)21-20(17)19(27-3)13-15(22(21)24)16(23)10-9-14-7-5-4-6-8-14/h4-13,24H,1-3H3/b10-9+. The van der Waals surface area contributed by atoms with Crippen LogP contribution in [0.3, 0.4) is 0 Å². The Bertz CT molecular complexity index is 1010. The summed E-state index contributed by atoms with van der Waals surface area (Å²) in [4.78, 5) is 12.7. The van der Waals surface area contributed by atoms with Crippen LogP contribution in [0.4, 0.5) is 0 Å². The summed E-state index contributed by atoms with van der Waals surface area (Å²) in [6, 6.07) is 14.4. The highest BCUT2D eigenvalue weighted by Crippen LogP contribution is 2.45. The number of rotatable bonds is 6. The Morgan fingerprint density at radius 2 is 1.44 bits per heavy atom. The Kier molecular flexibility index (Phi) is 5.31. The van der Waals surface area contributed by atoms with Crippen LogP contribution in [-0.4, -0.2) is 32.2 Å². The lowest BCUT2D eigenvalue weighted by atomic mass is 9.99. The molecule has 3 aromatic rings. The van der Waals surface area contributed by atoms with Crippen molar-refractivity contribution in [1.82, 2.24) is 0 Å². The molecule has 1 N–H and O–H groups in total. The molecule has 0 aliphatic heterocycles. The second kappa shape index (κ2) is 7.83. The van der Waals surface area contributed by atoms with Crippen LogP contribution in [0.2, 0.25) is 0 Å². The number of ether oxygens (including phenoxy) is 3. The highest BCUT2D eigenvalue weighted by molar-refractivity contribution is 6.14. The molecule has 0 bridgehead atoms. The van der Waals surface area contributed by atoms with Gasteiger partial charge >= 0.3 is 0 Å². The van der Waals surface area contributed by atoms with Crippen molar-refractivity contribution < 1.29 is 24.1 Å². The molecule has 0 heterocycles. The second-order valence-corrected chi connectivity index (χ2v) is 5.80. The zero-order valence-electron chi connectivity index (χ0n) is 15.4. The molecule has 0 unspecified atom stereocenters. The zero-order chi connectivity index (χ0) is 19.4. The third-order valence-electron chi connectivity index (χ3n) is 4.29. The van der Waals surface area contributed by atoms with Gasteiger partial charge in [0.1, 0.15) is 23.0 Å². The van der Waals surface area contributed by atoms with Gasteiger partial charge in [0.15, 0.2) is 5.78 Å². The Balaban J connectivity index is 2.18. The number of ketones is 1. The van der Waals surface area contributed by atoms with Crippen molar-refractivity contribution >= 4 is 22.6 Å². The lowest BCUT2D eigenvalue weighted by Gasteiger charge is -2.16. The van der Waals surface area contributed by atoms with Crippen molar-refractivity contribution in [3.63, 3.8) is 0 Å². The third kappa shape index (κ3) is 3.44. The lowest BCUT2D eigenvalue weighted by molar-refractivity contribution is 0.104. The maximum absolute atomic E-state index is 12.7. The predicted octanol–water partition coefficient (Wildman–Crippen LogP) is 4.47. The normalized spacial score (nSPS) is 10.9. The van der Waals surface area contributed by atoms with Crippen molar-refractivity contribution in [1.29, 1.82) is 0 Å². The molecule has 5 nitrogen and oxygen atoms in total. The molecule has 3 aromatic carbocycles. The van der Waals surface area contributed by atoms with Crippen molar-refractivity contribution in [2.75, 3.05) is 21.3 Å². The summed E-state index contributed by atoms with van der Waals surface area (Å²) in [7, 11) is 4.52. The molecule has 3 rings (SSSR count). The summed E-state index contributed by atoms with van der Waals surface area (Å²) in [5.41, 5.74) is 1.01. The van der Waals surface area contributed by atoms with E-state index in [1.807, 2.05) is 30.3 Å². The molecule has 0 radical (unpaired) electrons. The first kappa shape index (κ1) is 18.3. The topological polar surface area (TPSA) is 65.0 Å². The van der Waals surface area contributed by atoms with E-state index in [9.17, 15) is 9.90 Å². The van der Waals surface area contributed by atoms with Gasteiger partial charge in [0, 0.05) is 0 Å². The molecular formula is C22H20O5. The van der Waals surface area contributed by atoms with E-state index >= 15 is 0 Å². The molecule has 5 heteroatoms. The minimum Gasteiger partial charge on any atom is -0.506 e. The van der Waals surface area contributed by atoms with Crippen LogP contribution in [0.1, 0.15) is 15.9 Å². The minimum absolute atomic E-state index is 0.123. The quantitative estimate of drug-likeness (QED) is 0.516. The van der Waals surface area contributed by atoms with E-state index < -0.39 is 0 Å². The maximum atomic E-state index is 12.7. The van der Waals surface area contributed by atoms with E-state index in [4.69, 9.17) is 14.2 Å². The van der Waals surface area contributed by atoms with E-state index in [0.29, 0.717) is 28.0 Å². The maximum Gasteiger partial charge on any atom is 0.189 e. The van der Waals surface area contributed by atoms with Gasteiger partial charge in [-0.1, -0.05) is 36.4 Å². The van der Waals surface area contributed by atoms with Gasteiger partial charge in [-0.3, -0.25) is 4.79 Å². The van der Waals surface area contributed by atoms with Gasteiger partial charge in [-0.25, -0.2) is 0 Å². The number of phenolic OH excluding ortho intramolecular Hbond substituents is 1. The summed E-state index contributed by atoms with van der Waals surface area (Å²) in [6.07, 6.45) is 3.11. The molecule has 0 aliphatic rings. The molecular weight excluding hydrogens is 344 g/mol. The Hall–Kier alpha value is -3.47. The van der Waals surface area contributed by atoms with Gasteiger partial charge in [-0.05, 0) is 29.8 Å². The smallest absolute Gasteiger partial charge is 0.189 e. The largest absolute Gasteiger partial charge is 0.506 e. The first-order valence-corrected chi connectivity index (χ1v) is 8.32. The van der Waals surface area contributed by atoms with Crippen molar-refractivity contribution in [2.24, 2.45) is 0 Å². The first-order chi connectivity index (χ1) is 13.1. The number of aromatic hydroxyl groups is 1. The van der Waals surface area contributed by atoms with Crippen molar-refractivity contribution in [2.45, 2.75) is 0 Å². The van der Waals surface area contributed by atoms with Crippen molar-refractivity contribution in [3.05, 3.63) is 65.7 Å². The highest BCUT2D eigenvalue weighted by Gasteiger charge is 2.22. The average molecular weight is 364 g/mol. The van der Waals surface area contributed by atoms with Crippen LogP contribution in [0.15, 0.2) is 54.6 Å². The number of allylic oxidation sites excluding steroid dienone is 1. The first-order valence-electron chi connectivity index (χ1n) is 8.32. The Labute approximate surface area is 157 Å².